The number of aryl methyl sites for hydroxylation is 1. The van der Waals surface area contributed by atoms with Crippen LogP contribution in [0.4, 0.5) is 4.79 Å². The number of amides is 2. The van der Waals surface area contributed by atoms with Crippen molar-refractivity contribution >= 4 is 12.0 Å². The summed E-state index contributed by atoms with van der Waals surface area (Å²) in [6, 6.07) is 3.69. The Labute approximate surface area is 125 Å². The van der Waals surface area contributed by atoms with Crippen molar-refractivity contribution in [1.82, 2.24) is 10.6 Å². The second kappa shape index (κ2) is 7.71. The Bertz CT molecular complexity index is 474. The molecule has 1 heterocycles. The molecule has 1 aromatic heterocycles. The minimum Gasteiger partial charge on any atom is -0.465 e. The van der Waals surface area contributed by atoms with Gasteiger partial charge in [-0.3, -0.25) is 4.79 Å². The van der Waals surface area contributed by atoms with Gasteiger partial charge >= 0.3 is 6.09 Å². The molecule has 0 bridgehead atoms. The topological polar surface area (TPSA) is 80.6 Å². The molecule has 2 N–H and O–H groups in total. The highest BCUT2D eigenvalue weighted by atomic mass is 16.6. The highest BCUT2D eigenvalue weighted by molar-refractivity contribution is 5.75. The van der Waals surface area contributed by atoms with E-state index in [0.717, 1.165) is 11.5 Å². The average Bonchev–Trinajstić information content (AvgIpc) is 2.76. The van der Waals surface area contributed by atoms with Crippen molar-refractivity contribution < 1.29 is 18.7 Å². The molecule has 0 aliphatic rings. The summed E-state index contributed by atoms with van der Waals surface area (Å²) >= 11 is 0. The molecule has 6 heteroatoms. The molecule has 118 valence electrons. The number of carbonyl (C=O) groups excluding carboxylic acids is 2. The zero-order valence-electron chi connectivity index (χ0n) is 13.1. The molecule has 0 aromatic carbocycles. The standard InChI is InChI=1S/C15H24N2O4/c1-11-7-8-12(20-11)10-17-13(18)6-5-9-16-14(19)21-15(2,3)4/h7-8H,5-6,9-10H2,1-4H3,(H,16,19)(H,17,18). The third kappa shape index (κ3) is 8.02. The van der Waals surface area contributed by atoms with Gasteiger partial charge in [0.15, 0.2) is 0 Å². The average molecular weight is 296 g/mol. The number of hydrogen-bond acceptors (Lipinski definition) is 4. The molecule has 0 fully saturated rings. The molecule has 1 aromatic rings. The van der Waals surface area contributed by atoms with E-state index >= 15 is 0 Å². The Hall–Kier alpha value is -1.98. The number of hydrogen-bond donors (Lipinski definition) is 2. The molecular weight excluding hydrogens is 272 g/mol. The Kier molecular flexibility index (Phi) is 6.27. The maximum absolute atomic E-state index is 11.6. The quantitative estimate of drug-likeness (QED) is 0.790. The minimum absolute atomic E-state index is 0.0740. The molecule has 21 heavy (non-hydrogen) atoms. The van der Waals surface area contributed by atoms with Gasteiger partial charge in [-0.2, -0.15) is 0 Å². The molecule has 0 spiro atoms. The lowest BCUT2D eigenvalue weighted by Gasteiger charge is -2.19. The van der Waals surface area contributed by atoms with Crippen LogP contribution in [0.5, 0.6) is 0 Å². The molecule has 0 atom stereocenters. The summed E-state index contributed by atoms with van der Waals surface area (Å²) in [5, 5.41) is 5.37. The lowest BCUT2D eigenvalue weighted by molar-refractivity contribution is -0.121. The fraction of sp³-hybridized carbons (Fsp3) is 0.600. The Morgan fingerprint density at radius 3 is 2.52 bits per heavy atom. The summed E-state index contributed by atoms with van der Waals surface area (Å²) in [5.41, 5.74) is -0.511. The summed E-state index contributed by atoms with van der Waals surface area (Å²) in [6.07, 6.45) is 0.437. The van der Waals surface area contributed by atoms with Crippen molar-refractivity contribution in [3.8, 4) is 0 Å². The molecule has 0 saturated carbocycles. The highest BCUT2D eigenvalue weighted by Crippen LogP contribution is 2.07. The van der Waals surface area contributed by atoms with Gasteiger partial charge in [0, 0.05) is 13.0 Å². The number of rotatable bonds is 6. The molecule has 6 nitrogen and oxygen atoms in total. The van der Waals surface area contributed by atoms with Crippen LogP contribution in [-0.2, 0) is 16.1 Å². The lowest BCUT2D eigenvalue weighted by Crippen LogP contribution is -2.33. The molecule has 0 unspecified atom stereocenters. The van der Waals surface area contributed by atoms with E-state index in [2.05, 4.69) is 10.6 Å². The molecule has 0 aliphatic carbocycles. The van der Waals surface area contributed by atoms with E-state index in [0.29, 0.717) is 25.9 Å². The van der Waals surface area contributed by atoms with Gasteiger partial charge in [0.25, 0.3) is 0 Å². The van der Waals surface area contributed by atoms with Crippen LogP contribution in [0.15, 0.2) is 16.5 Å². The largest absolute Gasteiger partial charge is 0.465 e. The number of nitrogens with one attached hydrogen (secondary N) is 2. The molecule has 0 saturated heterocycles. The number of carbonyl (C=O) groups is 2. The maximum atomic E-state index is 11.6. The summed E-state index contributed by atoms with van der Waals surface area (Å²) < 4.78 is 10.4. The SMILES string of the molecule is Cc1ccc(CNC(=O)CCCNC(=O)OC(C)(C)C)o1. The van der Waals surface area contributed by atoms with Gasteiger partial charge in [0.1, 0.15) is 17.1 Å². The third-order valence-corrected chi connectivity index (χ3v) is 2.50. The van der Waals surface area contributed by atoms with E-state index in [1.165, 1.54) is 0 Å². The Morgan fingerprint density at radius 2 is 1.95 bits per heavy atom. The smallest absolute Gasteiger partial charge is 0.407 e. The van der Waals surface area contributed by atoms with E-state index in [4.69, 9.17) is 9.15 Å². The first kappa shape index (κ1) is 17.1. The second-order valence-corrected chi connectivity index (χ2v) is 5.82. The monoisotopic (exact) mass is 296 g/mol. The van der Waals surface area contributed by atoms with Crippen molar-refractivity contribution in [2.24, 2.45) is 0 Å². The molecule has 0 radical (unpaired) electrons. The van der Waals surface area contributed by atoms with E-state index in [1.54, 1.807) is 20.8 Å². The summed E-state index contributed by atoms with van der Waals surface area (Å²) in [4.78, 5) is 23.0. The fourth-order valence-electron chi connectivity index (χ4n) is 1.61. The first-order valence-corrected chi connectivity index (χ1v) is 7.05. The van der Waals surface area contributed by atoms with Gasteiger partial charge in [0.2, 0.25) is 5.91 Å². The summed E-state index contributed by atoms with van der Waals surface area (Å²) in [7, 11) is 0. The molecule has 2 amide bonds. The van der Waals surface area contributed by atoms with Crippen LogP contribution < -0.4 is 10.6 Å². The van der Waals surface area contributed by atoms with Crippen LogP contribution in [0.3, 0.4) is 0 Å². The van der Waals surface area contributed by atoms with E-state index in [9.17, 15) is 9.59 Å². The van der Waals surface area contributed by atoms with Crippen molar-refractivity contribution in [2.75, 3.05) is 6.54 Å². The van der Waals surface area contributed by atoms with Crippen LogP contribution in [0.2, 0.25) is 0 Å². The Morgan fingerprint density at radius 1 is 1.24 bits per heavy atom. The molecule has 0 aliphatic heterocycles. The lowest BCUT2D eigenvalue weighted by atomic mass is 10.2. The minimum atomic E-state index is -0.511. The van der Waals surface area contributed by atoms with Gasteiger partial charge in [-0.25, -0.2) is 4.79 Å². The van der Waals surface area contributed by atoms with Gasteiger partial charge in [-0.15, -0.1) is 0 Å². The van der Waals surface area contributed by atoms with Gasteiger partial charge in [0.05, 0.1) is 6.54 Å². The Balaban J connectivity index is 2.09. The summed E-state index contributed by atoms with van der Waals surface area (Å²) in [6.45, 7) is 8.05. The zero-order chi connectivity index (χ0) is 15.9. The first-order valence-electron chi connectivity index (χ1n) is 7.05. The number of ether oxygens (including phenoxy) is 1. The molecular formula is C15H24N2O4. The highest BCUT2D eigenvalue weighted by Gasteiger charge is 2.15. The van der Waals surface area contributed by atoms with Crippen molar-refractivity contribution in [3.63, 3.8) is 0 Å². The van der Waals surface area contributed by atoms with Crippen LogP contribution in [0.1, 0.15) is 45.1 Å². The summed E-state index contributed by atoms with van der Waals surface area (Å²) in [5.74, 6) is 1.48. The van der Waals surface area contributed by atoms with Crippen LogP contribution in [0, 0.1) is 6.92 Å². The predicted octanol–water partition coefficient (Wildman–Crippen LogP) is 2.51. The number of alkyl carbamates (subject to hydrolysis) is 1. The van der Waals surface area contributed by atoms with E-state index < -0.39 is 11.7 Å². The second-order valence-electron chi connectivity index (χ2n) is 5.82. The molecule has 1 rings (SSSR count). The first-order chi connectivity index (χ1) is 9.76. The third-order valence-electron chi connectivity index (χ3n) is 2.50. The number of furan rings is 1. The van der Waals surface area contributed by atoms with Gasteiger partial charge in [-0.1, -0.05) is 0 Å². The predicted molar refractivity (Wildman–Crippen MR) is 78.8 cm³/mol. The zero-order valence-corrected chi connectivity index (χ0v) is 13.1. The van der Waals surface area contributed by atoms with Crippen molar-refractivity contribution in [2.45, 2.75) is 52.7 Å². The van der Waals surface area contributed by atoms with Crippen LogP contribution in [0.25, 0.3) is 0 Å². The van der Waals surface area contributed by atoms with Crippen LogP contribution >= 0.6 is 0 Å². The normalized spacial score (nSPS) is 11.0. The van der Waals surface area contributed by atoms with Crippen molar-refractivity contribution in [1.29, 1.82) is 0 Å². The fourth-order valence-corrected chi connectivity index (χ4v) is 1.61. The van der Waals surface area contributed by atoms with Crippen molar-refractivity contribution in [3.05, 3.63) is 23.7 Å². The maximum Gasteiger partial charge on any atom is 0.407 e. The van der Waals surface area contributed by atoms with Gasteiger partial charge < -0.3 is 19.8 Å². The van der Waals surface area contributed by atoms with Gasteiger partial charge in [-0.05, 0) is 46.2 Å². The van der Waals surface area contributed by atoms with E-state index in [-0.39, 0.29) is 5.91 Å². The van der Waals surface area contributed by atoms with E-state index in [1.807, 2.05) is 19.1 Å². The van der Waals surface area contributed by atoms with Crippen LogP contribution in [-0.4, -0.2) is 24.1 Å².